The fourth-order valence-corrected chi connectivity index (χ4v) is 3.32. The van der Waals surface area contributed by atoms with Gasteiger partial charge in [-0.2, -0.15) is 0 Å². The van der Waals surface area contributed by atoms with Crippen molar-refractivity contribution in [1.82, 2.24) is 10.6 Å². The molecular weight excluding hydrogens is 352 g/mol. The number of amides is 3. The van der Waals surface area contributed by atoms with Crippen molar-refractivity contribution in [1.29, 1.82) is 0 Å². The zero-order valence-electron chi connectivity index (χ0n) is 15.6. The van der Waals surface area contributed by atoms with Crippen molar-refractivity contribution in [3.05, 3.63) is 23.2 Å². The molecule has 3 amide bonds. The van der Waals surface area contributed by atoms with E-state index in [1.54, 1.807) is 12.1 Å². The molecule has 1 aromatic rings. The van der Waals surface area contributed by atoms with E-state index in [1.165, 1.54) is 19.3 Å². The summed E-state index contributed by atoms with van der Waals surface area (Å²) in [4.78, 5) is 25.9. The van der Waals surface area contributed by atoms with Crippen LogP contribution in [0.2, 0.25) is 5.02 Å². The highest BCUT2D eigenvalue weighted by Crippen LogP contribution is 2.27. The van der Waals surface area contributed by atoms with Gasteiger partial charge in [-0.25, -0.2) is 4.79 Å². The summed E-state index contributed by atoms with van der Waals surface area (Å²) in [6.45, 7) is 0.474. The summed E-state index contributed by atoms with van der Waals surface area (Å²) in [5.41, 5.74) is 1.59. The summed E-state index contributed by atoms with van der Waals surface area (Å²) in [7, 11) is 3.82. The Morgan fingerprint density at radius 1 is 1.19 bits per heavy atom. The molecule has 2 rings (SSSR count). The molecule has 1 aliphatic rings. The number of urea groups is 1. The number of halogens is 1. The minimum Gasteiger partial charge on any atom is -0.376 e. The molecule has 1 fully saturated rings. The first-order chi connectivity index (χ1) is 12.5. The molecule has 0 radical (unpaired) electrons. The predicted molar refractivity (Wildman–Crippen MR) is 107 cm³/mol. The highest BCUT2D eigenvalue weighted by Gasteiger charge is 2.15. The Kier molecular flexibility index (Phi) is 8.04. The van der Waals surface area contributed by atoms with E-state index < -0.39 is 0 Å². The molecule has 3 N–H and O–H groups in total. The second kappa shape index (κ2) is 10.3. The third-order valence-electron chi connectivity index (χ3n) is 4.52. The van der Waals surface area contributed by atoms with E-state index in [0.29, 0.717) is 36.1 Å². The lowest BCUT2D eigenvalue weighted by Gasteiger charge is -2.22. The topological polar surface area (TPSA) is 73.5 Å². The van der Waals surface area contributed by atoms with E-state index in [9.17, 15) is 9.59 Å². The Morgan fingerprint density at radius 2 is 1.92 bits per heavy atom. The van der Waals surface area contributed by atoms with Gasteiger partial charge in [0.25, 0.3) is 0 Å². The molecule has 1 aromatic carbocycles. The number of anilines is 2. The summed E-state index contributed by atoms with van der Waals surface area (Å²) in [5.74, 6) is -0.0927. The minimum absolute atomic E-state index is 0.0927. The fourth-order valence-electron chi connectivity index (χ4n) is 3.15. The van der Waals surface area contributed by atoms with E-state index in [-0.39, 0.29) is 11.9 Å². The second-order valence-electron chi connectivity index (χ2n) is 6.94. The van der Waals surface area contributed by atoms with E-state index in [1.807, 2.05) is 25.1 Å². The molecule has 0 heterocycles. The van der Waals surface area contributed by atoms with Crippen molar-refractivity contribution in [3.63, 3.8) is 0 Å². The molecule has 6 nitrogen and oxygen atoms in total. The highest BCUT2D eigenvalue weighted by atomic mass is 35.5. The van der Waals surface area contributed by atoms with Gasteiger partial charge in [0.15, 0.2) is 0 Å². The summed E-state index contributed by atoms with van der Waals surface area (Å²) in [6.07, 6.45) is 6.67. The van der Waals surface area contributed by atoms with Crippen molar-refractivity contribution in [3.8, 4) is 0 Å². The van der Waals surface area contributed by atoms with Crippen LogP contribution >= 0.6 is 11.6 Å². The number of carbonyl (C=O) groups is 2. The zero-order chi connectivity index (χ0) is 18.9. The lowest BCUT2D eigenvalue weighted by molar-refractivity contribution is -0.116. The van der Waals surface area contributed by atoms with Crippen LogP contribution in [0.4, 0.5) is 16.2 Å². The molecule has 0 aromatic heterocycles. The maximum atomic E-state index is 12.2. The van der Waals surface area contributed by atoms with E-state index in [0.717, 1.165) is 18.5 Å². The average molecular weight is 381 g/mol. The molecule has 0 atom stereocenters. The van der Waals surface area contributed by atoms with Crippen LogP contribution in [0.5, 0.6) is 0 Å². The van der Waals surface area contributed by atoms with Crippen molar-refractivity contribution < 1.29 is 9.59 Å². The third kappa shape index (κ3) is 6.75. The molecule has 0 aliphatic heterocycles. The van der Waals surface area contributed by atoms with Gasteiger partial charge in [0.05, 0.1) is 11.4 Å². The molecular formula is C19H29ClN4O2. The molecule has 0 spiro atoms. The van der Waals surface area contributed by atoms with Crippen molar-refractivity contribution in [2.45, 2.75) is 51.0 Å². The van der Waals surface area contributed by atoms with Crippen molar-refractivity contribution in [2.75, 3.05) is 30.9 Å². The van der Waals surface area contributed by atoms with Gasteiger partial charge >= 0.3 is 6.03 Å². The number of hydrogen-bond acceptors (Lipinski definition) is 3. The van der Waals surface area contributed by atoms with Gasteiger partial charge in [-0.3, -0.25) is 4.79 Å². The van der Waals surface area contributed by atoms with Crippen LogP contribution < -0.4 is 20.9 Å². The van der Waals surface area contributed by atoms with Crippen LogP contribution in [0.3, 0.4) is 0 Å². The first kappa shape index (κ1) is 20.4. The monoisotopic (exact) mass is 380 g/mol. The van der Waals surface area contributed by atoms with Gasteiger partial charge in [-0.15, -0.1) is 0 Å². The average Bonchev–Trinajstić information content (AvgIpc) is 2.59. The van der Waals surface area contributed by atoms with E-state index >= 15 is 0 Å². The standard InChI is InChI=1S/C19H29ClN4O2/c1-24(2)17-11-10-14(20)13-16(17)23-18(25)9-6-12-21-19(26)22-15-7-4-3-5-8-15/h10-11,13,15H,3-9,12H2,1-2H3,(H,23,25)(H2,21,22,26). The maximum Gasteiger partial charge on any atom is 0.315 e. The molecule has 1 saturated carbocycles. The number of nitrogens with one attached hydrogen (secondary N) is 3. The lowest BCUT2D eigenvalue weighted by atomic mass is 9.96. The molecule has 0 unspecified atom stereocenters. The molecule has 7 heteroatoms. The number of carbonyl (C=O) groups excluding carboxylic acids is 2. The van der Waals surface area contributed by atoms with Gasteiger partial charge in [0.2, 0.25) is 5.91 Å². The summed E-state index contributed by atoms with van der Waals surface area (Å²) in [5, 5.41) is 9.30. The normalized spacial score (nSPS) is 14.6. The second-order valence-corrected chi connectivity index (χ2v) is 7.38. The molecule has 26 heavy (non-hydrogen) atoms. The molecule has 1 aliphatic carbocycles. The largest absolute Gasteiger partial charge is 0.376 e. The number of hydrogen-bond donors (Lipinski definition) is 3. The zero-order valence-corrected chi connectivity index (χ0v) is 16.4. The summed E-state index contributed by atoms with van der Waals surface area (Å²) in [6, 6.07) is 5.56. The van der Waals surface area contributed by atoms with E-state index in [2.05, 4.69) is 16.0 Å². The Labute approximate surface area is 160 Å². The van der Waals surface area contributed by atoms with Crippen LogP contribution in [-0.4, -0.2) is 38.6 Å². The number of benzene rings is 1. The van der Waals surface area contributed by atoms with Crippen LogP contribution in [0.15, 0.2) is 18.2 Å². The van der Waals surface area contributed by atoms with Crippen molar-refractivity contribution in [2.24, 2.45) is 0 Å². The first-order valence-corrected chi connectivity index (χ1v) is 9.64. The van der Waals surface area contributed by atoms with Crippen LogP contribution in [0.25, 0.3) is 0 Å². The molecule has 0 saturated heterocycles. The Morgan fingerprint density at radius 3 is 2.62 bits per heavy atom. The minimum atomic E-state index is -0.137. The third-order valence-corrected chi connectivity index (χ3v) is 4.76. The Balaban J connectivity index is 1.69. The van der Waals surface area contributed by atoms with E-state index in [4.69, 9.17) is 11.6 Å². The first-order valence-electron chi connectivity index (χ1n) is 9.27. The highest BCUT2D eigenvalue weighted by molar-refractivity contribution is 6.31. The van der Waals surface area contributed by atoms with Gasteiger partial charge in [-0.05, 0) is 37.5 Å². The number of rotatable bonds is 7. The molecule has 0 bridgehead atoms. The smallest absolute Gasteiger partial charge is 0.315 e. The van der Waals surface area contributed by atoms with Gasteiger partial charge in [-0.1, -0.05) is 30.9 Å². The quantitative estimate of drug-likeness (QED) is 0.630. The van der Waals surface area contributed by atoms with Crippen LogP contribution in [0.1, 0.15) is 44.9 Å². The lowest BCUT2D eigenvalue weighted by Crippen LogP contribution is -2.43. The maximum absolute atomic E-state index is 12.2. The number of nitrogens with zero attached hydrogens (tertiary/aromatic N) is 1. The summed E-state index contributed by atoms with van der Waals surface area (Å²) >= 11 is 6.02. The Hall–Kier alpha value is -1.95. The molecule has 144 valence electrons. The van der Waals surface area contributed by atoms with Gasteiger partial charge in [0.1, 0.15) is 0 Å². The fraction of sp³-hybridized carbons (Fsp3) is 0.579. The van der Waals surface area contributed by atoms with Crippen molar-refractivity contribution >= 4 is 34.9 Å². The predicted octanol–water partition coefficient (Wildman–Crippen LogP) is 3.76. The van der Waals surface area contributed by atoms with Gasteiger partial charge in [0, 0.05) is 38.1 Å². The SMILES string of the molecule is CN(C)c1ccc(Cl)cc1NC(=O)CCCNC(=O)NC1CCCCC1. The summed E-state index contributed by atoms with van der Waals surface area (Å²) < 4.78 is 0. The van der Waals surface area contributed by atoms with Crippen LogP contribution in [-0.2, 0) is 4.79 Å². The Bertz CT molecular complexity index is 616. The van der Waals surface area contributed by atoms with Crippen LogP contribution in [0, 0.1) is 0 Å². The van der Waals surface area contributed by atoms with Gasteiger partial charge < -0.3 is 20.9 Å².